The van der Waals surface area contributed by atoms with Crippen LogP contribution in [0.4, 0.5) is 0 Å². The lowest BCUT2D eigenvalue weighted by Gasteiger charge is -2.11. The summed E-state index contributed by atoms with van der Waals surface area (Å²) in [6.45, 7) is 1.93. The number of rotatable bonds is 2. The Bertz CT molecular complexity index is 1030. The Hall–Kier alpha value is -3.46. The summed E-state index contributed by atoms with van der Waals surface area (Å²) < 4.78 is 1.38. The van der Waals surface area contributed by atoms with Crippen molar-refractivity contribution in [2.24, 2.45) is 0 Å². The number of aromatic carboxylic acids is 1. The molecule has 0 spiro atoms. The molecular weight excluding hydrogens is 294 g/mol. The lowest BCUT2D eigenvalue weighted by atomic mass is 10.1. The number of nitriles is 1. The van der Waals surface area contributed by atoms with Crippen LogP contribution in [-0.2, 0) is 0 Å². The summed E-state index contributed by atoms with van der Waals surface area (Å²) in [4.78, 5) is 23.7. The minimum atomic E-state index is -1.43. The molecule has 112 valence electrons. The first kappa shape index (κ1) is 14.5. The minimum Gasteiger partial charge on any atom is -0.476 e. The van der Waals surface area contributed by atoms with Gasteiger partial charge in [-0.1, -0.05) is 23.8 Å². The fraction of sp³-hybridized carbons (Fsp3) is 0.0588. The molecule has 0 fully saturated rings. The van der Waals surface area contributed by atoms with Gasteiger partial charge < -0.3 is 5.11 Å². The molecular formula is C17H11N3O3. The summed E-state index contributed by atoms with van der Waals surface area (Å²) in [6.07, 6.45) is 0. The molecule has 1 heterocycles. The Labute approximate surface area is 130 Å². The number of hydrogen-bond acceptors (Lipinski definition) is 4. The van der Waals surface area contributed by atoms with Crippen molar-refractivity contribution in [2.75, 3.05) is 0 Å². The molecule has 1 N–H and O–H groups in total. The topological polar surface area (TPSA) is 96.0 Å². The van der Waals surface area contributed by atoms with Gasteiger partial charge in [0.2, 0.25) is 11.1 Å². The Balaban J connectivity index is 2.49. The van der Waals surface area contributed by atoms with Crippen LogP contribution in [0, 0.1) is 18.3 Å². The van der Waals surface area contributed by atoms with Crippen molar-refractivity contribution in [3.63, 3.8) is 0 Å². The van der Waals surface area contributed by atoms with Crippen molar-refractivity contribution in [3.05, 3.63) is 69.5 Å². The zero-order valence-corrected chi connectivity index (χ0v) is 12.1. The quantitative estimate of drug-likeness (QED) is 0.783. The smallest absolute Gasteiger partial charge is 0.360 e. The van der Waals surface area contributed by atoms with Crippen LogP contribution in [0.2, 0.25) is 0 Å². The summed E-state index contributed by atoms with van der Waals surface area (Å²) in [5.41, 5.74) is 0.795. The Morgan fingerprint density at radius 1 is 1.22 bits per heavy atom. The van der Waals surface area contributed by atoms with Crippen LogP contribution < -0.4 is 5.43 Å². The molecule has 0 unspecified atom stereocenters. The highest BCUT2D eigenvalue weighted by Gasteiger charge is 2.19. The van der Waals surface area contributed by atoms with Crippen molar-refractivity contribution in [3.8, 4) is 11.8 Å². The van der Waals surface area contributed by atoms with Gasteiger partial charge in [0.15, 0.2) is 0 Å². The lowest BCUT2D eigenvalue weighted by molar-refractivity contribution is 0.0687. The van der Waals surface area contributed by atoms with Gasteiger partial charge in [0, 0.05) is 0 Å². The second-order valence-electron chi connectivity index (χ2n) is 5.04. The van der Waals surface area contributed by atoms with Gasteiger partial charge in [0.1, 0.15) is 0 Å². The second kappa shape index (κ2) is 5.39. The second-order valence-corrected chi connectivity index (χ2v) is 5.04. The maximum absolute atomic E-state index is 12.4. The molecule has 0 saturated heterocycles. The van der Waals surface area contributed by atoms with E-state index < -0.39 is 17.1 Å². The molecule has 0 radical (unpaired) electrons. The van der Waals surface area contributed by atoms with Gasteiger partial charge in [-0.15, -0.1) is 0 Å². The molecule has 3 rings (SSSR count). The maximum atomic E-state index is 12.4. The van der Waals surface area contributed by atoms with Gasteiger partial charge in [-0.2, -0.15) is 10.4 Å². The van der Waals surface area contributed by atoms with Gasteiger partial charge in [-0.05, 0) is 31.2 Å². The average molecular weight is 305 g/mol. The summed E-state index contributed by atoms with van der Waals surface area (Å²) in [5, 5.41) is 22.5. The number of fused-ring (bicyclic) bond motifs is 1. The minimum absolute atomic E-state index is 0.0583. The van der Waals surface area contributed by atoms with Crippen LogP contribution in [0.25, 0.3) is 16.6 Å². The first-order valence-electron chi connectivity index (χ1n) is 6.79. The molecule has 23 heavy (non-hydrogen) atoms. The van der Waals surface area contributed by atoms with E-state index in [4.69, 9.17) is 0 Å². The molecule has 0 atom stereocenters. The molecule has 6 heteroatoms. The third-order valence-electron chi connectivity index (χ3n) is 3.51. The Morgan fingerprint density at radius 3 is 2.52 bits per heavy atom. The fourth-order valence-electron chi connectivity index (χ4n) is 2.39. The van der Waals surface area contributed by atoms with E-state index in [0.717, 1.165) is 5.56 Å². The number of aromatic nitrogens is 2. The Kier molecular flexibility index (Phi) is 3.39. The predicted molar refractivity (Wildman–Crippen MR) is 83.8 cm³/mol. The van der Waals surface area contributed by atoms with E-state index in [-0.39, 0.29) is 10.9 Å². The standard InChI is InChI=1S/C17H11N3O3/c1-10-5-7-12(8-6-10)20-13-4-2-3-11(9-18)14(13)16(21)15(19-20)17(22)23/h2-8H,1H3,(H,22,23). The highest BCUT2D eigenvalue weighted by molar-refractivity contribution is 5.93. The lowest BCUT2D eigenvalue weighted by Crippen LogP contribution is -2.23. The van der Waals surface area contributed by atoms with Gasteiger partial charge >= 0.3 is 5.97 Å². The average Bonchev–Trinajstić information content (AvgIpc) is 2.55. The SMILES string of the molecule is Cc1ccc(-n2nc(C(=O)O)c(=O)c3c(C#N)cccc32)cc1. The first-order valence-corrected chi connectivity index (χ1v) is 6.79. The van der Waals surface area contributed by atoms with Gasteiger partial charge in [-0.3, -0.25) is 4.79 Å². The monoisotopic (exact) mass is 305 g/mol. The maximum Gasteiger partial charge on any atom is 0.360 e. The molecule has 2 aromatic carbocycles. The van der Waals surface area contributed by atoms with E-state index in [1.165, 1.54) is 10.7 Å². The van der Waals surface area contributed by atoms with Crippen molar-refractivity contribution in [1.29, 1.82) is 5.26 Å². The Morgan fingerprint density at radius 2 is 1.91 bits per heavy atom. The van der Waals surface area contributed by atoms with Crippen molar-refractivity contribution >= 4 is 16.9 Å². The third kappa shape index (κ3) is 2.34. The van der Waals surface area contributed by atoms with Crippen LogP contribution in [0.3, 0.4) is 0 Å². The normalized spacial score (nSPS) is 10.4. The molecule has 1 aromatic heterocycles. The van der Waals surface area contributed by atoms with Crippen LogP contribution in [0.5, 0.6) is 0 Å². The number of carboxylic acid groups (broad SMARTS) is 1. The fourth-order valence-corrected chi connectivity index (χ4v) is 2.39. The first-order chi connectivity index (χ1) is 11.0. The van der Waals surface area contributed by atoms with E-state index in [0.29, 0.717) is 11.2 Å². The van der Waals surface area contributed by atoms with E-state index in [2.05, 4.69) is 5.10 Å². The highest BCUT2D eigenvalue weighted by atomic mass is 16.4. The van der Waals surface area contributed by atoms with Gasteiger partial charge in [0.05, 0.1) is 28.2 Å². The van der Waals surface area contributed by atoms with E-state index >= 15 is 0 Å². The molecule has 0 bridgehead atoms. The largest absolute Gasteiger partial charge is 0.476 e. The number of carboxylic acids is 1. The number of benzene rings is 2. The number of nitrogens with zero attached hydrogens (tertiary/aromatic N) is 3. The third-order valence-corrected chi connectivity index (χ3v) is 3.51. The number of aryl methyl sites for hydroxylation is 1. The molecule has 0 saturated carbocycles. The zero-order chi connectivity index (χ0) is 16.6. The van der Waals surface area contributed by atoms with Crippen molar-refractivity contribution in [1.82, 2.24) is 9.78 Å². The van der Waals surface area contributed by atoms with Crippen LogP contribution in [0.1, 0.15) is 21.6 Å². The summed E-state index contributed by atoms with van der Waals surface area (Å²) in [7, 11) is 0. The zero-order valence-electron chi connectivity index (χ0n) is 12.1. The molecule has 6 nitrogen and oxygen atoms in total. The van der Waals surface area contributed by atoms with Crippen LogP contribution in [0.15, 0.2) is 47.3 Å². The number of hydrogen-bond donors (Lipinski definition) is 1. The molecule has 0 aliphatic rings. The molecule has 0 aliphatic heterocycles. The van der Waals surface area contributed by atoms with Gasteiger partial charge in [0.25, 0.3) is 0 Å². The summed E-state index contributed by atoms with van der Waals surface area (Å²) in [6, 6.07) is 13.9. The molecule has 0 amide bonds. The summed E-state index contributed by atoms with van der Waals surface area (Å²) >= 11 is 0. The van der Waals surface area contributed by atoms with Crippen molar-refractivity contribution < 1.29 is 9.90 Å². The predicted octanol–water partition coefficient (Wildman–Crippen LogP) is 2.26. The van der Waals surface area contributed by atoms with Gasteiger partial charge in [-0.25, -0.2) is 9.48 Å². The van der Waals surface area contributed by atoms with E-state index in [1.807, 2.05) is 25.1 Å². The van der Waals surface area contributed by atoms with E-state index in [1.54, 1.807) is 24.3 Å². The molecule has 3 aromatic rings. The number of carbonyl (C=O) groups is 1. The summed E-state index contributed by atoms with van der Waals surface area (Å²) in [5.74, 6) is -1.43. The highest BCUT2D eigenvalue weighted by Crippen LogP contribution is 2.19. The van der Waals surface area contributed by atoms with E-state index in [9.17, 15) is 20.0 Å². The van der Waals surface area contributed by atoms with Crippen LogP contribution in [-0.4, -0.2) is 20.9 Å². The molecule has 0 aliphatic carbocycles. The van der Waals surface area contributed by atoms with Crippen LogP contribution >= 0.6 is 0 Å². The van der Waals surface area contributed by atoms with Crippen molar-refractivity contribution in [2.45, 2.75) is 6.92 Å².